The number of aromatic nitrogens is 1. The Morgan fingerprint density at radius 3 is 2.58 bits per heavy atom. The van der Waals surface area contributed by atoms with Crippen molar-refractivity contribution in [2.75, 3.05) is 13.1 Å². The lowest BCUT2D eigenvalue weighted by atomic mass is 10.1. The maximum absolute atomic E-state index is 13.1. The highest BCUT2D eigenvalue weighted by Crippen LogP contribution is 2.33. The number of halogens is 3. The molecule has 1 saturated heterocycles. The zero-order valence-electron chi connectivity index (χ0n) is 15.0. The zero-order valence-corrected chi connectivity index (χ0v) is 15.0. The molecular weight excluding hydrogens is 351 g/mol. The molecular formula is C17H20F3N3O3. The van der Waals surface area contributed by atoms with Crippen molar-refractivity contribution in [3.8, 4) is 11.9 Å². The number of hydrogen-bond donors (Lipinski definition) is 0. The average molecular weight is 371 g/mol. The first-order valence-corrected chi connectivity index (χ1v) is 8.04. The third kappa shape index (κ3) is 4.77. The van der Waals surface area contributed by atoms with Crippen LogP contribution in [0.15, 0.2) is 6.07 Å². The van der Waals surface area contributed by atoms with E-state index in [0.29, 0.717) is 13.0 Å². The molecule has 0 radical (unpaired) electrons. The Bertz CT molecular complexity index is 736. The van der Waals surface area contributed by atoms with Crippen molar-refractivity contribution >= 4 is 6.09 Å². The van der Waals surface area contributed by atoms with Gasteiger partial charge in [0.2, 0.25) is 5.88 Å². The first-order chi connectivity index (χ1) is 11.9. The van der Waals surface area contributed by atoms with Crippen molar-refractivity contribution in [1.82, 2.24) is 9.88 Å². The summed E-state index contributed by atoms with van der Waals surface area (Å²) in [5.74, 6) is -0.282. The van der Waals surface area contributed by atoms with Crippen molar-refractivity contribution in [1.29, 1.82) is 5.26 Å². The fraction of sp³-hybridized carbons (Fsp3) is 0.588. The first kappa shape index (κ1) is 19.8. The standard InChI is InChI=1S/C17H20F3N3O3/c1-10-11(8-21)7-13(22-14(10)17(18,19)20)25-12-5-6-23(9-12)15(24)26-16(2,3)4/h7,12H,5-6,9H2,1-4H3/t12-/m1/s1. The third-order valence-electron chi connectivity index (χ3n) is 3.72. The normalized spacial score (nSPS) is 17.8. The van der Waals surface area contributed by atoms with Gasteiger partial charge in [-0.2, -0.15) is 18.4 Å². The smallest absolute Gasteiger partial charge is 0.433 e. The summed E-state index contributed by atoms with van der Waals surface area (Å²) in [7, 11) is 0. The van der Waals surface area contributed by atoms with Crippen LogP contribution in [0.25, 0.3) is 0 Å². The van der Waals surface area contributed by atoms with Crippen LogP contribution in [0, 0.1) is 18.3 Å². The van der Waals surface area contributed by atoms with E-state index in [1.165, 1.54) is 17.9 Å². The molecule has 1 atom stereocenters. The number of nitrogens with zero attached hydrogens (tertiary/aromatic N) is 3. The summed E-state index contributed by atoms with van der Waals surface area (Å²) in [4.78, 5) is 17.0. The second-order valence-corrected chi connectivity index (χ2v) is 7.05. The lowest BCUT2D eigenvalue weighted by Gasteiger charge is -2.24. The summed E-state index contributed by atoms with van der Waals surface area (Å²) in [6, 6.07) is 2.90. The van der Waals surface area contributed by atoms with Gasteiger partial charge in [0, 0.05) is 19.0 Å². The predicted molar refractivity (Wildman–Crippen MR) is 85.5 cm³/mol. The topological polar surface area (TPSA) is 75.5 Å². The van der Waals surface area contributed by atoms with Gasteiger partial charge in [0.25, 0.3) is 0 Å². The molecule has 0 aliphatic carbocycles. The van der Waals surface area contributed by atoms with Crippen molar-refractivity contribution in [3.63, 3.8) is 0 Å². The Hall–Kier alpha value is -2.50. The van der Waals surface area contributed by atoms with Crippen LogP contribution < -0.4 is 4.74 Å². The molecule has 142 valence electrons. The number of nitriles is 1. The molecule has 1 aliphatic heterocycles. The van der Waals surface area contributed by atoms with E-state index in [1.807, 2.05) is 0 Å². The molecule has 0 saturated carbocycles. The lowest BCUT2D eigenvalue weighted by Crippen LogP contribution is -2.36. The quantitative estimate of drug-likeness (QED) is 0.793. The molecule has 1 amide bonds. The molecule has 2 heterocycles. The molecule has 26 heavy (non-hydrogen) atoms. The van der Waals surface area contributed by atoms with E-state index in [4.69, 9.17) is 14.7 Å². The number of amides is 1. The van der Waals surface area contributed by atoms with E-state index in [2.05, 4.69) is 4.98 Å². The van der Waals surface area contributed by atoms with Crippen LogP contribution in [0.1, 0.15) is 44.0 Å². The molecule has 1 fully saturated rings. The van der Waals surface area contributed by atoms with Crippen molar-refractivity contribution in [2.24, 2.45) is 0 Å². The van der Waals surface area contributed by atoms with E-state index in [-0.39, 0.29) is 23.6 Å². The van der Waals surface area contributed by atoms with Gasteiger partial charge in [0.15, 0.2) is 5.69 Å². The second-order valence-electron chi connectivity index (χ2n) is 7.05. The number of carbonyl (C=O) groups excluding carboxylic acids is 1. The molecule has 1 aromatic rings. The maximum atomic E-state index is 13.1. The second kappa shape index (κ2) is 7.02. The van der Waals surface area contributed by atoms with Crippen LogP contribution in [0.3, 0.4) is 0 Å². The predicted octanol–water partition coefficient (Wildman–Crippen LogP) is 3.67. The van der Waals surface area contributed by atoms with Gasteiger partial charge < -0.3 is 14.4 Å². The first-order valence-electron chi connectivity index (χ1n) is 8.04. The van der Waals surface area contributed by atoms with Crippen LogP contribution in [0.2, 0.25) is 0 Å². The summed E-state index contributed by atoms with van der Waals surface area (Å²) in [5.41, 5.74) is -2.18. The van der Waals surface area contributed by atoms with Gasteiger partial charge in [-0.05, 0) is 33.3 Å². The lowest BCUT2D eigenvalue weighted by molar-refractivity contribution is -0.142. The molecule has 0 spiro atoms. The summed E-state index contributed by atoms with van der Waals surface area (Å²) in [6.45, 7) is 6.96. The van der Waals surface area contributed by atoms with Crippen LogP contribution in [0.5, 0.6) is 5.88 Å². The van der Waals surface area contributed by atoms with Crippen molar-refractivity contribution < 1.29 is 27.4 Å². The SMILES string of the molecule is Cc1c(C#N)cc(O[C@@H]2CCN(C(=O)OC(C)(C)C)C2)nc1C(F)(F)F. The monoisotopic (exact) mass is 371 g/mol. The molecule has 1 aliphatic rings. The van der Waals surface area contributed by atoms with E-state index >= 15 is 0 Å². The van der Waals surface area contributed by atoms with Crippen LogP contribution in [0.4, 0.5) is 18.0 Å². The number of rotatable bonds is 2. The molecule has 0 aromatic carbocycles. The van der Waals surface area contributed by atoms with Gasteiger partial charge in [-0.1, -0.05) is 0 Å². The minimum atomic E-state index is -4.69. The van der Waals surface area contributed by atoms with Gasteiger partial charge >= 0.3 is 12.3 Å². The van der Waals surface area contributed by atoms with Gasteiger partial charge in [0.1, 0.15) is 11.7 Å². The number of pyridine rings is 1. The number of likely N-dealkylation sites (tertiary alicyclic amines) is 1. The number of ether oxygens (including phenoxy) is 2. The van der Waals surface area contributed by atoms with E-state index in [1.54, 1.807) is 26.8 Å². The van der Waals surface area contributed by atoms with Crippen molar-refractivity contribution in [3.05, 3.63) is 22.9 Å². The minimum absolute atomic E-state index is 0.149. The van der Waals surface area contributed by atoms with E-state index in [0.717, 1.165) is 0 Å². The van der Waals surface area contributed by atoms with E-state index in [9.17, 15) is 18.0 Å². The highest BCUT2D eigenvalue weighted by molar-refractivity contribution is 5.68. The van der Waals surface area contributed by atoms with Gasteiger partial charge in [-0.15, -0.1) is 0 Å². The maximum Gasteiger partial charge on any atom is 0.433 e. The van der Waals surface area contributed by atoms with E-state index < -0.39 is 29.7 Å². The fourth-order valence-electron chi connectivity index (χ4n) is 2.53. The Labute approximate surface area is 149 Å². The summed E-state index contributed by atoms with van der Waals surface area (Å²) < 4.78 is 50.0. The molecule has 9 heteroatoms. The summed E-state index contributed by atoms with van der Waals surface area (Å²) in [5, 5.41) is 9.05. The van der Waals surface area contributed by atoms with Crippen LogP contribution in [-0.4, -0.2) is 40.8 Å². The zero-order chi connectivity index (χ0) is 19.7. The summed E-state index contributed by atoms with van der Waals surface area (Å²) in [6.07, 6.45) is -5.29. The Kier molecular flexibility index (Phi) is 5.35. The van der Waals surface area contributed by atoms with Crippen LogP contribution in [-0.2, 0) is 10.9 Å². The van der Waals surface area contributed by atoms with Crippen molar-refractivity contribution in [2.45, 2.75) is 52.0 Å². The summed E-state index contributed by atoms with van der Waals surface area (Å²) >= 11 is 0. The number of carbonyl (C=O) groups is 1. The molecule has 0 N–H and O–H groups in total. The molecule has 1 aromatic heterocycles. The number of alkyl halides is 3. The molecule has 0 bridgehead atoms. The molecule has 6 nitrogen and oxygen atoms in total. The fourth-order valence-corrected chi connectivity index (χ4v) is 2.53. The average Bonchev–Trinajstić information content (AvgIpc) is 2.94. The van der Waals surface area contributed by atoms with Crippen LogP contribution >= 0.6 is 0 Å². The largest absolute Gasteiger partial charge is 0.472 e. The highest BCUT2D eigenvalue weighted by Gasteiger charge is 2.37. The van der Waals surface area contributed by atoms with Gasteiger partial charge in [-0.25, -0.2) is 9.78 Å². The van der Waals surface area contributed by atoms with Gasteiger partial charge in [0.05, 0.1) is 18.2 Å². The third-order valence-corrected chi connectivity index (χ3v) is 3.72. The Morgan fingerprint density at radius 2 is 2.04 bits per heavy atom. The molecule has 0 unspecified atom stereocenters. The Balaban J connectivity index is 2.13. The minimum Gasteiger partial charge on any atom is -0.472 e. The Morgan fingerprint density at radius 1 is 1.38 bits per heavy atom. The number of hydrogen-bond acceptors (Lipinski definition) is 5. The molecule has 2 rings (SSSR count). The highest BCUT2D eigenvalue weighted by atomic mass is 19.4. The van der Waals surface area contributed by atoms with Gasteiger partial charge in [-0.3, -0.25) is 0 Å².